The summed E-state index contributed by atoms with van der Waals surface area (Å²) in [5.74, 6) is 1.11. The lowest BCUT2D eigenvalue weighted by molar-refractivity contribution is -0.205. The second kappa shape index (κ2) is 13.2. The number of aliphatic hydroxyl groups is 3. The van der Waals surface area contributed by atoms with Gasteiger partial charge in [-0.1, -0.05) is 37.3 Å². The molecule has 7 nitrogen and oxygen atoms in total. The van der Waals surface area contributed by atoms with Gasteiger partial charge in [0.05, 0.1) is 17.5 Å². The van der Waals surface area contributed by atoms with E-state index < -0.39 is 41.3 Å². The van der Waals surface area contributed by atoms with E-state index in [9.17, 15) is 20.1 Å². The third kappa shape index (κ3) is 7.06. The van der Waals surface area contributed by atoms with E-state index in [4.69, 9.17) is 16.3 Å². The fourth-order valence-corrected chi connectivity index (χ4v) is 7.44. The Kier molecular flexibility index (Phi) is 10.5. The smallest absolute Gasteiger partial charge is 0.237 e. The molecular weight excluding hydrogens is 524 g/mol. The second-order valence-corrected chi connectivity index (χ2v) is 13.6. The van der Waals surface area contributed by atoms with Crippen molar-refractivity contribution in [3.05, 3.63) is 35.9 Å². The van der Waals surface area contributed by atoms with Gasteiger partial charge in [0.15, 0.2) is 0 Å². The monoisotopic (exact) mass is 568 g/mol. The van der Waals surface area contributed by atoms with E-state index in [1.54, 1.807) is 13.2 Å². The number of rotatable bonds is 9. The van der Waals surface area contributed by atoms with Crippen LogP contribution in [0.15, 0.2) is 30.3 Å². The number of thioether (sulfide) groups is 1. The number of hydrogen-bond acceptors (Lipinski definition) is 7. The highest BCUT2D eigenvalue weighted by molar-refractivity contribution is 7.99. The molecule has 214 valence electrons. The number of amides is 1. The summed E-state index contributed by atoms with van der Waals surface area (Å²) < 4.78 is 5.88. The van der Waals surface area contributed by atoms with Gasteiger partial charge in [0.1, 0.15) is 29.9 Å². The third-order valence-corrected chi connectivity index (χ3v) is 10.2. The molecule has 1 aromatic carbocycles. The quantitative estimate of drug-likeness (QED) is 0.290. The topological polar surface area (TPSA) is 111 Å². The second-order valence-electron chi connectivity index (χ2n) is 12.0. The van der Waals surface area contributed by atoms with Crippen molar-refractivity contribution in [1.29, 1.82) is 0 Å². The molecule has 1 aliphatic carbocycles. The van der Waals surface area contributed by atoms with Gasteiger partial charge in [-0.15, -0.1) is 23.4 Å². The Morgan fingerprint density at radius 3 is 2.53 bits per heavy atom. The minimum atomic E-state index is -1.38. The van der Waals surface area contributed by atoms with Crippen molar-refractivity contribution >= 4 is 29.3 Å². The number of hydrogen-bond donors (Lipinski definition) is 5. The lowest BCUT2D eigenvalue weighted by atomic mass is 9.58. The van der Waals surface area contributed by atoms with Gasteiger partial charge >= 0.3 is 0 Å². The van der Waals surface area contributed by atoms with Crippen molar-refractivity contribution in [2.45, 2.75) is 112 Å². The normalized spacial score (nSPS) is 39.4. The van der Waals surface area contributed by atoms with Crippen molar-refractivity contribution < 1.29 is 24.9 Å². The van der Waals surface area contributed by atoms with E-state index in [-0.39, 0.29) is 11.9 Å². The molecule has 0 aromatic heterocycles. The summed E-state index contributed by atoms with van der Waals surface area (Å²) in [6.45, 7) is 4.94. The maximum Gasteiger partial charge on any atom is 0.237 e. The molecule has 38 heavy (non-hydrogen) atoms. The minimum Gasteiger partial charge on any atom is -0.388 e. The highest BCUT2D eigenvalue weighted by atomic mass is 35.5. The summed E-state index contributed by atoms with van der Waals surface area (Å²) >= 11 is 7.67. The summed E-state index contributed by atoms with van der Waals surface area (Å²) in [7, 11) is 0. The molecule has 1 aromatic rings. The maximum absolute atomic E-state index is 13.3. The average Bonchev–Trinajstić information content (AvgIpc) is 3.14. The Morgan fingerprint density at radius 2 is 1.87 bits per heavy atom. The van der Waals surface area contributed by atoms with Gasteiger partial charge in [-0.05, 0) is 87.5 Å². The van der Waals surface area contributed by atoms with E-state index in [2.05, 4.69) is 47.9 Å². The van der Waals surface area contributed by atoms with E-state index in [0.717, 1.165) is 25.8 Å². The van der Waals surface area contributed by atoms with Crippen LogP contribution in [0.3, 0.4) is 0 Å². The largest absolute Gasteiger partial charge is 0.388 e. The standard InChI is InChI=1S/C29H45ClN2O5S/c1-17(30)22(26-24(34)23(33)25(35)28(37-26)38-3)32-27(36)21-10-9-18(12-14-31-21)11-13-29(2)15-20(16-29)19-7-5-4-6-8-19/h4-8,17-18,20-26,28,31,33-35H,9-16H2,1-3H3,(H,32,36)/t17-,18+,20?,21-,22+,23?,24?,25+,26+,28?,29?/m0/s1. The summed E-state index contributed by atoms with van der Waals surface area (Å²) in [5.41, 5.74) is 1.15. The summed E-state index contributed by atoms with van der Waals surface area (Å²) in [5, 5.41) is 37.0. The number of benzene rings is 1. The molecule has 3 fully saturated rings. The van der Waals surface area contributed by atoms with Crippen LogP contribution in [0.25, 0.3) is 0 Å². The van der Waals surface area contributed by atoms with Crippen molar-refractivity contribution in [2.75, 3.05) is 12.8 Å². The average molecular weight is 569 g/mol. The molecule has 0 radical (unpaired) electrons. The first-order valence-electron chi connectivity index (χ1n) is 14.1. The lowest BCUT2D eigenvalue weighted by Crippen LogP contribution is -2.65. The molecule has 2 heterocycles. The molecule has 0 bridgehead atoms. The summed E-state index contributed by atoms with van der Waals surface area (Å²) in [6.07, 6.45) is 4.59. The highest BCUT2D eigenvalue weighted by Gasteiger charge is 2.48. The predicted molar refractivity (Wildman–Crippen MR) is 152 cm³/mol. The van der Waals surface area contributed by atoms with Crippen LogP contribution in [0.5, 0.6) is 0 Å². The fraction of sp³-hybridized carbons (Fsp3) is 0.759. The van der Waals surface area contributed by atoms with Gasteiger partial charge in [-0.25, -0.2) is 0 Å². The summed E-state index contributed by atoms with van der Waals surface area (Å²) in [4.78, 5) is 13.3. The molecule has 3 aliphatic rings. The van der Waals surface area contributed by atoms with Crippen LogP contribution in [0.1, 0.15) is 70.3 Å². The molecule has 2 aliphatic heterocycles. The van der Waals surface area contributed by atoms with Crippen LogP contribution in [0.4, 0.5) is 0 Å². The first kappa shape index (κ1) is 30.1. The zero-order valence-electron chi connectivity index (χ0n) is 22.8. The van der Waals surface area contributed by atoms with Crippen molar-refractivity contribution in [3.63, 3.8) is 0 Å². The molecular formula is C29H45ClN2O5S. The Morgan fingerprint density at radius 1 is 1.16 bits per heavy atom. The molecule has 9 atom stereocenters. The van der Waals surface area contributed by atoms with Crippen LogP contribution in [-0.4, -0.2) is 81.3 Å². The molecule has 9 heteroatoms. The van der Waals surface area contributed by atoms with Gasteiger partial charge in [-0.2, -0.15) is 0 Å². The number of nitrogens with one attached hydrogen (secondary N) is 2. The fourth-order valence-electron chi connectivity index (χ4n) is 6.56. The molecule has 2 saturated heterocycles. The molecule has 0 spiro atoms. The SMILES string of the molecule is CSC1O[C@H]([C@H](NC(=O)[C@@H]2CC[C@H](CCC3(C)CC(c4ccccc4)C3)CCN2)[C@H](C)Cl)C(O)C(O)[C@H]1O. The molecule has 3 unspecified atom stereocenters. The Hall–Kier alpha value is -0.870. The van der Waals surface area contributed by atoms with Gasteiger partial charge in [0.25, 0.3) is 0 Å². The molecule has 5 N–H and O–H groups in total. The van der Waals surface area contributed by atoms with E-state index >= 15 is 0 Å². The first-order valence-corrected chi connectivity index (χ1v) is 15.8. The lowest BCUT2D eigenvalue weighted by Gasteiger charge is -2.46. The van der Waals surface area contributed by atoms with Crippen LogP contribution in [-0.2, 0) is 9.53 Å². The van der Waals surface area contributed by atoms with E-state index in [1.807, 2.05) is 0 Å². The van der Waals surface area contributed by atoms with Gasteiger partial charge < -0.3 is 30.7 Å². The minimum absolute atomic E-state index is 0.170. The number of alkyl halides is 1. The summed E-state index contributed by atoms with van der Waals surface area (Å²) in [6, 6.07) is 9.77. The zero-order chi connectivity index (χ0) is 27.4. The van der Waals surface area contributed by atoms with E-state index in [1.165, 1.54) is 43.0 Å². The van der Waals surface area contributed by atoms with Crippen LogP contribution >= 0.6 is 23.4 Å². The first-order chi connectivity index (χ1) is 18.1. The molecule has 1 amide bonds. The number of ether oxygens (including phenoxy) is 1. The molecule has 1 saturated carbocycles. The number of carbonyl (C=O) groups is 1. The Bertz CT molecular complexity index is 900. The van der Waals surface area contributed by atoms with Crippen molar-refractivity contribution in [3.8, 4) is 0 Å². The highest BCUT2D eigenvalue weighted by Crippen LogP contribution is 2.54. The number of aliphatic hydroxyl groups excluding tert-OH is 3. The van der Waals surface area contributed by atoms with Crippen molar-refractivity contribution in [1.82, 2.24) is 10.6 Å². The van der Waals surface area contributed by atoms with Gasteiger partial charge in [0.2, 0.25) is 5.91 Å². The van der Waals surface area contributed by atoms with Crippen LogP contribution < -0.4 is 10.6 Å². The predicted octanol–water partition coefficient (Wildman–Crippen LogP) is 3.39. The van der Waals surface area contributed by atoms with Gasteiger partial charge in [-0.3, -0.25) is 4.79 Å². The van der Waals surface area contributed by atoms with E-state index in [0.29, 0.717) is 17.3 Å². The number of halogens is 1. The molecule has 4 rings (SSSR count). The number of carbonyl (C=O) groups excluding carboxylic acids is 1. The van der Waals surface area contributed by atoms with Crippen LogP contribution in [0, 0.1) is 11.3 Å². The van der Waals surface area contributed by atoms with Crippen molar-refractivity contribution in [2.24, 2.45) is 11.3 Å². The third-order valence-electron chi connectivity index (χ3n) is 9.03. The maximum atomic E-state index is 13.3. The Labute approximate surface area is 236 Å². The Balaban J connectivity index is 1.26. The van der Waals surface area contributed by atoms with Gasteiger partial charge in [0, 0.05) is 0 Å². The van der Waals surface area contributed by atoms with Crippen LogP contribution in [0.2, 0.25) is 0 Å². The zero-order valence-corrected chi connectivity index (χ0v) is 24.3.